The number of hydrogen-bond donors (Lipinski definition) is 1. The van der Waals surface area contributed by atoms with E-state index in [0.717, 1.165) is 10.5 Å². The maximum Gasteiger partial charge on any atom is 0.338 e. The molecule has 112 valence electrons. The first-order chi connectivity index (χ1) is 10.6. The quantitative estimate of drug-likeness (QED) is 0.748. The van der Waals surface area contributed by atoms with Crippen LogP contribution < -0.4 is 0 Å². The summed E-state index contributed by atoms with van der Waals surface area (Å²) < 4.78 is 5.06. The second-order valence-electron chi connectivity index (χ2n) is 4.95. The molecule has 0 aromatic heterocycles. The number of hydrogen-bond acceptors (Lipinski definition) is 4. The maximum atomic E-state index is 12.2. The molecule has 22 heavy (non-hydrogen) atoms. The second kappa shape index (κ2) is 6.23. The fourth-order valence-electron chi connectivity index (χ4n) is 2.40. The summed E-state index contributed by atoms with van der Waals surface area (Å²) in [5.74, 6) is -1.44. The number of rotatable bonds is 4. The summed E-state index contributed by atoms with van der Waals surface area (Å²) in [5.41, 5.74) is 2.65. The van der Waals surface area contributed by atoms with Crippen LogP contribution in [0.2, 0.25) is 0 Å². The predicted octanol–water partition coefficient (Wildman–Crippen LogP) is 3.37. The highest BCUT2D eigenvalue weighted by Crippen LogP contribution is 2.40. The molecular formula is C17H14O4S. The maximum absolute atomic E-state index is 12.2. The number of carbonyl (C=O) groups excluding carboxylic acids is 1. The first kappa shape index (κ1) is 14.7. The Morgan fingerprint density at radius 3 is 2.68 bits per heavy atom. The van der Waals surface area contributed by atoms with Crippen LogP contribution in [0.15, 0.2) is 52.3 Å². The Balaban J connectivity index is 1.83. The van der Waals surface area contributed by atoms with Crippen LogP contribution in [0.3, 0.4) is 0 Å². The minimum atomic E-state index is -0.979. The molecule has 1 aliphatic heterocycles. The fraction of sp³-hybridized carbons (Fsp3) is 0.176. The van der Waals surface area contributed by atoms with Crippen molar-refractivity contribution in [3.63, 3.8) is 0 Å². The average Bonchev–Trinajstić information content (AvgIpc) is 2.51. The van der Waals surface area contributed by atoms with Crippen molar-refractivity contribution < 1.29 is 19.4 Å². The van der Waals surface area contributed by atoms with Gasteiger partial charge >= 0.3 is 11.9 Å². The molecule has 0 radical (unpaired) electrons. The van der Waals surface area contributed by atoms with E-state index in [1.54, 1.807) is 17.8 Å². The Hall–Kier alpha value is -2.27. The number of esters is 1. The Morgan fingerprint density at radius 2 is 1.86 bits per heavy atom. The van der Waals surface area contributed by atoms with Crippen LogP contribution in [-0.4, -0.2) is 23.7 Å². The number of benzene rings is 2. The lowest BCUT2D eigenvalue weighted by Crippen LogP contribution is -2.13. The highest BCUT2D eigenvalue weighted by molar-refractivity contribution is 7.99. The number of ether oxygens (including phenoxy) is 1. The molecule has 0 amide bonds. The van der Waals surface area contributed by atoms with Crippen LogP contribution in [-0.2, 0) is 16.0 Å². The van der Waals surface area contributed by atoms with Gasteiger partial charge < -0.3 is 9.84 Å². The van der Waals surface area contributed by atoms with E-state index in [-0.39, 0.29) is 13.0 Å². The highest BCUT2D eigenvalue weighted by Gasteiger charge is 2.22. The number of carboxylic acid groups (broad SMARTS) is 1. The van der Waals surface area contributed by atoms with Gasteiger partial charge in [0.1, 0.15) is 6.61 Å². The van der Waals surface area contributed by atoms with Crippen LogP contribution in [0, 0.1) is 0 Å². The topological polar surface area (TPSA) is 63.6 Å². The van der Waals surface area contributed by atoms with E-state index in [4.69, 9.17) is 9.84 Å². The fourth-order valence-corrected chi connectivity index (χ4v) is 3.51. The molecule has 4 nitrogen and oxygen atoms in total. The van der Waals surface area contributed by atoms with E-state index in [1.807, 2.05) is 24.3 Å². The van der Waals surface area contributed by atoms with Crippen LogP contribution >= 0.6 is 11.8 Å². The minimum Gasteiger partial charge on any atom is -0.481 e. The van der Waals surface area contributed by atoms with Crippen molar-refractivity contribution in [3.8, 4) is 0 Å². The molecule has 0 fully saturated rings. The van der Waals surface area contributed by atoms with E-state index in [9.17, 15) is 9.59 Å². The molecule has 0 unspecified atom stereocenters. The molecule has 1 aliphatic rings. The van der Waals surface area contributed by atoms with Gasteiger partial charge in [-0.05, 0) is 29.3 Å². The van der Waals surface area contributed by atoms with Crippen molar-refractivity contribution >= 4 is 23.7 Å². The molecular weight excluding hydrogens is 300 g/mol. The summed E-state index contributed by atoms with van der Waals surface area (Å²) in [7, 11) is 0. The van der Waals surface area contributed by atoms with Crippen molar-refractivity contribution in [3.05, 3.63) is 59.2 Å². The van der Waals surface area contributed by atoms with Gasteiger partial charge in [-0.3, -0.25) is 4.79 Å². The third-order valence-corrected chi connectivity index (χ3v) is 4.68. The van der Waals surface area contributed by atoms with Gasteiger partial charge in [0, 0.05) is 16.2 Å². The van der Waals surface area contributed by atoms with Gasteiger partial charge in [-0.15, -0.1) is 0 Å². The average molecular weight is 314 g/mol. The largest absolute Gasteiger partial charge is 0.481 e. The monoisotopic (exact) mass is 314 g/mol. The summed E-state index contributed by atoms with van der Waals surface area (Å²) in [6.45, 7) is -0.110. The number of carboxylic acids is 1. The van der Waals surface area contributed by atoms with Gasteiger partial charge in [0.05, 0.1) is 12.0 Å². The third-order valence-electron chi connectivity index (χ3n) is 3.46. The molecule has 2 aromatic rings. The van der Waals surface area contributed by atoms with Crippen molar-refractivity contribution in [1.29, 1.82) is 0 Å². The van der Waals surface area contributed by atoms with Crippen molar-refractivity contribution in [1.82, 2.24) is 0 Å². The number of fused-ring (bicyclic) bond motifs is 2. The summed E-state index contributed by atoms with van der Waals surface area (Å²) >= 11 is 1.64. The predicted molar refractivity (Wildman–Crippen MR) is 82.3 cm³/mol. The normalized spacial score (nSPS) is 12.2. The Bertz CT molecular complexity index is 739. The van der Waals surface area contributed by atoms with Crippen LogP contribution in [0.4, 0.5) is 0 Å². The van der Waals surface area contributed by atoms with E-state index >= 15 is 0 Å². The summed E-state index contributed by atoms with van der Waals surface area (Å²) in [5, 5.41) is 8.60. The smallest absolute Gasteiger partial charge is 0.338 e. The van der Waals surface area contributed by atoms with Gasteiger partial charge in [-0.2, -0.15) is 0 Å². The molecule has 0 spiro atoms. The molecule has 1 N–H and O–H groups in total. The van der Waals surface area contributed by atoms with Gasteiger partial charge in [0.15, 0.2) is 0 Å². The molecule has 3 rings (SSSR count). The van der Waals surface area contributed by atoms with Crippen LogP contribution in [0.25, 0.3) is 0 Å². The summed E-state index contributed by atoms with van der Waals surface area (Å²) in [6.07, 6.45) is 0.501. The van der Waals surface area contributed by atoms with Gasteiger partial charge in [-0.1, -0.05) is 36.0 Å². The Labute approximate surface area is 132 Å². The van der Waals surface area contributed by atoms with Crippen molar-refractivity contribution in [2.75, 3.05) is 6.61 Å². The van der Waals surface area contributed by atoms with E-state index in [0.29, 0.717) is 12.0 Å². The molecule has 0 atom stereocenters. The van der Waals surface area contributed by atoms with Crippen LogP contribution in [0.1, 0.15) is 27.9 Å². The van der Waals surface area contributed by atoms with E-state index in [2.05, 4.69) is 12.1 Å². The lowest BCUT2D eigenvalue weighted by molar-refractivity contribution is -0.137. The summed E-state index contributed by atoms with van der Waals surface area (Å²) in [6, 6.07) is 13.7. The molecule has 0 saturated heterocycles. The zero-order chi connectivity index (χ0) is 15.5. The van der Waals surface area contributed by atoms with Crippen LogP contribution in [0.5, 0.6) is 0 Å². The first-order valence-electron chi connectivity index (χ1n) is 6.91. The third kappa shape index (κ3) is 2.99. The Morgan fingerprint density at radius 1 is 1.09 bits per heavy atom. The zero-order valence-corrected chi connectivity index (χ0v) is 12.6. The van der Waals surface area contributed by atoms with Gasteiger partial charge in [0.25, 0.3) is 0 Å². The van der Waals surface area contributed by atoms with Crippen molar-refractivity contribution in [2.24, 2.45) is 0 Å². The zero-order valence-electron chi connectivity index (χ0n) is 11.7. The number of carbonyl (C=O) groups is 2. The lowest BCUT2D eigenvalue weighted by atomic mass is 9.99. The minimum absolute atomic E-state index is 0.110. The van der Waals surface area contributed by atoms with Crippen molar-refractivity contribution in [2.45, 2.75) is 22.6 Å². The van der Waals surface area contributed by atoms with E-state index < -0.39 is 11.9 Å². The standard InChI is InChI=1S/C17H14O4S/c18-16(19)8-9-21-17(20)12-5-3-7-15-13(12)10-11-4-1-2-6-14(11)22-15/h1-7H,8-10H2,(H,18,19). The van der Waals surface area contributed by atoms with Gasteiger partial charge in [-0.25, -0.2) is 4.79 Å². The van der Waals surface area contributed by atoms with E-state index in [1.165, 1.54) is 10.5 Å². The molecule has 0 bridgehead atoms. The molecule has 0 saturated carbocycles. The highest BCUT2D eigenvalue weighted by atomic mass is 32.2. The molecule has 2 aromatic carbocycles. The lowest BCUT2D eigenvalue weighted by Gasteiger charge is -2.20. The SMILES string of the molecule is O=C(O)CCOC(=O)c1cccc2c1Cc1ccccc1S2. The number of aliphatic carboxylic acids is 1. The second-order valence-corrected chi connectivity index (χ2v) is 6.03. The Kier molecular flexibility index (Phi) is 4.15. The first-order valence-corrected chi connectivity index (χ1v) is 7.73. The molecule has 0 aliphatic carbocycles. The molecule has 5 heteroatoms. The summed E-state index contributed by atoms with van der Waals surface area (Å²) in [4.78, 5) is 24.9. The molecule has 1 heterocycles. The van der Waals surface area contributed by atoms with Gasteiger partial charge in [0.2, 0.25) is 0 Å².